The first-order valence-electron chi connectivity index (χ1n) is 7.59. The SMILES string of the molecule is O=C(NCCCCNc1ccccn1)Nc1cccc([N+](=O)[O-])c1. The standard InChI is InChI=1S/C16H19N5O3/c22-16(20-13-6-5-7-14(12-13)21(23)24)19-11-4-3-10-18-15-8-1-2-9-17-15/h1-2,5-9,12H,3-4,10-11H2,(H,17,18)(H2,19,20,22). The van der Waals surface area contributed by atoms with Gasteiger partial charge in [0.2, 0.25) is 0 Å². The van der Waals surface area contributed by atoms with Crippen LogP contribution >= 0.6 is 0 Å². The van der Waals surface area contributed by atoms with E-state index in [9.17, 15) is 14.9 Å². The molecule has 24 heavy (non-hydrogen) atoms. The summed E-state index contributed by atoms with van der Waals surface area (Å²) in [5.74, 6) is 0.828. The van der Waals surface area contributed by atoms with Crippen LogP contribution in [-0.2, 0) is 0 Å². The average molecular weight is 329 g/mol. The monoisotopic (exact) mass is 329 g/mol. The molecule has 0 fully saturated rings. The molecule has 2 amide bonds. The minimum Gasteiger partial charge on any atom is -0.370 e. The van der Waals surface area contributed by atoms with Gasteiger partial charge in [-0.05, 0) is 31.0 Å². The van der Waals surface area contributed by atoms with Gasteiger partial charge >= 0.3 is 6.03 Å². The van der Waals surface area contributed by atoms with Gasteiger partial charge in [-0.25, -0.2) is 9.78 Å². The van der Waals surface area contributed by atoms with Crippen molar-refractivity contribution in [3.8, 4) is 0 Å². The van der Waals surface area contributed by atoms with Crippen molar-refractivity contribution in [1.29, 1.82) is 0 Å². The van der Waals surface area contributed by atoms with E-state index in [2.05, 4.69) is 20.9 Å². The summed E-state index contributed by atoms with van der Waals surface area (Å²) in [7, 11) is 0. The number of amides is 2. The van der Waals surface area contributed by atoms with Crippen molar-refractivity contribution in [2.75, 3.05) is 23.7 Å². The molecule has 8 heteroatoms. The van der Waals surface area contributed by atoms with Crippen molar-refractivity contribution in [2.45, 2.75) is 12.8 Å². The second-order valence-electron chi connectivity index (χ2n) is 5.04. The summed E-state index contributed by atoms with van der Waals surface area (Å²) in [5, 5.41) is 19.2. The molecule has 8 nitrogen and oxygen atoms in total. The molecule has 1 heterocycles. The number of unbranched alkanes of at least 4 members (excludes halogenated alkanes) is 1. The molecular formula is C16H19N5O3. The van der Waals surface area contributed by atoms with Gasteiger partial charge in [-0.15, -0.1) is 0 Å². The third-order valence-corrected chi connectivity index (χ3v) is 3.17. The van der Waals surface area contributed by atoms with E-state index >= 15 is 0 Å². The number of nitrogens with zero attached hydrogens (tertiary/aromatic N) is 2. The lowest BCUT2D eigenvalue weighted by Crippen LogP contribution is -2.29. The molecule has 1 aromatic carbocycles. The highest BCUT2D eigenvalue weighted by atomic mass is 16.6. The van der Waals surface area contributed by atoms with E-state index < -0.39 is 4.92 Å². The lowest BCUT2D eigenvalue weighted by Gasteiger charge is -2.08. The number of nitro groups is 1. The summed E-state index contributed by atoms with van der Waals surface area (Å²) in [6.45, 7) is 1.29. The molecule has 0 aliphatic carbocycles. The van der Waals surface area contributed by atoms with Crippen LogP contribution in [0.3, 0.4) is 0 Å². The van der Waals surface area contributed by atoms with Gasteiger partial charge < -0.3 is 16.0 Å². The second-order valence-corrected chi connectivity index (χ2v) is 5.04. The van der Waals surface area contributed by atoms with Crippen molar-refractivity contribution < 1.29 is 9.72 Å². The highest BCUT2D eigenvalue weighted by molar-refractivity contribution is 5.89. The number of hydrogen-bond acceptors (Lipinski definition) is 5. The molecule has 0 aliphatic heterocycles. The zero-order valence-corrected chi connectivity index (χ0v) is 13.1. The highest BCUT2D eigenvalue weighted by Gasteiger charge is 2.07. The molecule has 0 spiro atoms. The summed E-state index contributed by atoms with van der Waals surface area (Å²) in [6.07, 6.45) is 3.41. The minimum atomic E-state index is -0.502. The Labute approximate surface area is 139 Å². The maximum absolute atomic E-state index is 11.7. The van der Waals surface area contributed by atoms with Crippen LogP contribution in [-0.4, -0.2) is 29.0 Å². The molecule has 2 rings (SSSR count). The van der Waals surface area contributed by atoms with Crippen LogP contribution in [0.1, 0.15) is 12.8 Å². The van der Waals surface area contributed by atoms with E-state index in [-0.39, 0.29) is 11.7 Å². The number of nitro benzene ring substituents is 1. The number of aromatic nitrogens is 1. The fourth-order valence-corrected chi connectivity index (χ4v) is 2.01. The van der Waals surface area contributed by atoms with Crippen LogP contribution in [0.25, 0.3) is 0 Å². The molecule has 2 aromatic rings. The Morgan fingerprint density at radius 3 is 2.71 bits per heavy atom. The normalized spacial score (nSPS) is 10.0. The Morgan fingerprint density at radius 2 is 1.96 bits per heavy atom. The quantitative estimate of drug-likeness (QED) is 0.392. The zero-order chi connectivity index (χ0) is 17.2. The molecule has 0 bridgehead atoms. The van der Waals surface area contributed by atoms with Crippen molar-refractivity contribution in [1.82, 2.24) is 10.3 Å². The van der Waals surface area contributed by atoms with Crippen LogP contribution in [0.15, 0.2) is 48.7 Å². The van der Waals surface area contributed by atoms with Crippen LogP contribution < -0.4 is 16.0 Å². The molecule has 0 saturated heterocycles. The van der Waals surface area contributed by atoms with Crippen LogP contribution in [0, 0.1) is 10.1 Å². The Kier molecular flexibility index (Phi) is 6.51. The first-order valence-corrected chi connectivity index (χ1v) is 7.59. The number of hydrogen-bond donors (Lipinski definition) is 3. The summed E-state index contributed by atoms with van der Waals surface area (Å²) in [4.78, 5) is 26.1. The van der Waals surface area contributed by atoms with Crippen molar-refractivity contribution in [3.05, 3.63) is 58.8 Å². The molecule has 0 saturated carbocycles. The lowest BCUT2D eigenvalue weighted by atomic mass is 10.3. The number of benzene rings is 1. The van der Waals surface area contributed by atoms with E-state index in [0.29, 0.717) is 12.2 Å². The molecule has 0 aliphatic rings. The number of urea groups is 1. The van der Waals surface area contributed by atoms with Gasteiger partial charge in [0.1, 0.15) is 5.82 Å². The van der Waals surface area contributed by atoms with E-state index in [1.165, 1.54) is 18.2 Å². The predicted molar refractivity (Wildman–Crippen MR) is 92.1 cm³/mol. The van der Waals surface area contributed by atoms with Crippen LogP contribution in [0.5, 0.6) is 0 Å². The Balaban J connectivity index is 1.61. The van der Waals surface area contributed by atoms with E-state index in [1.54, 1.807) is 12.3 Å². The number of carbonyl (C=O) groups excluding carboxylic acids is 1. The van der Waals surface area contributed by atoms with Gasteiger partial charge in [-0.1, -0.05) is 12.1 Å². The van der Waals surface area contributed by atoms with E-state index in [0.717, 1.165) is 25.2 Å². The minimum absolute atomic E-state index is 0.0617. The van der Waals surface area contributed by atoms with E-state index in [4.69, 9.17) is 0 Å². The van der Waals surface area contributed by atoms with Gasteiger partial charge in [0.15, 0.2) is 0 Å². The Hall–Kier alpha value is -3.16. The van der Waals surface area contributed by atoms with Gasteiger partial charge in [-0.3, -0.25) is 10.1 Å². The smallest absolute Gasteiger partial charge is 0.319 e. The molecule has 1 aromatic heterocycles. The topological polar surface area (TPSA) is 109 Å². The van der Waals surface area contributed by atoms with Crippen LogP contribution in [0.4, 0.5) is 22.0 Å². The summed E-state index contributed by atoms with van der Waals surface area (Å²) < 4.78 is 0. The molecule has 0 unspecified atom stereocenters. The number of carbonyl (C=O) groups is 1. The molecule has 0 radical (unpaired) electrons. The maximum atomic E-state index is 11.7. The third-order valence-electron chi connectivity index (χ3n) is 3.17. The van der Waals surface area contributed by atoms with Crippen molar-refractivity contribution >= 4 is 23.2 Å². The Morgan fingerprint density at radius 1 is 1.12 bits per heavy atom. The van der Waals surface area contributed by atoms with Crippen molar-refractivity contribution in [2.24, 2.45) is 0 Å². The third kappa shape index (κ3) is 5.91. The number of non-ortho nitro benzene ring substituents is 1. The van der Waals surface area contributed by atoms with Gasteiger partial charge in [-0.2, -0.15) is 0 Å². The number of nitrogens with one attached hydrogen (secondary N) is 3. The first kappa shape index (κ1) is 17.2. The fraction of sp³-hybridized carbons (Fsp3) is 0.250. The maximum Gasteiger partial charge on any atom is 0.319 e. The number of rotatable bonds is 8. The molecular weight excluding hydrogens is 310 g/mol. The first-order chi connectivity index (χ1) is 11.6. The van der Waals surface area contributed by atoms with Crippen LogP contribution in [0.2, 0.25) is 0 Å². The van der Waals surface area contributed by atoms with E-state index in [1.807, 2.05) is 18.2 Å². The summed E-state index contributed by atoms with van der Waals surface area (Å²) >= 11 is 0. The van der Waals surface area contributed by atoms with Crippen molar-refractivity contribution in [3.63, 3.8) is 0 Å². The number of pyridine rings is 1. The van der Waals surface area contributed by atoms with Gasteiger partial charge in [0, 0.05) is 37.1 Å². The Bertz CT molecular complexity index is 678. The fourth-order valence-electron chi connectivity index (χ4n) is 2.01. The lowest BCUT2D eigenvalue weighted by molar-refractivity contribution is -0.384. The van der Waals surface area contributed by atoms with Gasteiger partial charge in [0.05, 0.1) is 4.92 Å². The average Bonchev–Trinajstić information content (AvgIpc) is 2.59. The highest BCUT2D eigenvalue weighted by Crippen LogP contribution is 2.16. The number of anilines is 2. The largest absolute Gasteiger partial charge is 0.370 e. The summed E-state index contributed by atoms with van der Waals surface area (Å²) in [5.41, 5.74) is 0.326. The molecule has 126 valence electrons. The zero-order valence-electron chi connectivity index (χ0n) is 13.1. The summed E-state index contributed by atoms with van der Waals surface area (Å²) in [6, 6.07) is 11.1. The molecule has 0 atom stereocenters. The van der Waals surface area contributed by atoms with Gasteiger partial charge in [0.25, 0.3) is 5.69 Å². The molecule has 3 N–H and O–H groups in total. The predicted octanol–water partition coefficient (Wildman–Crippen LogP) is 3.00. The second kappa shape index (κ2) is 9.09.